The monoisotopic (exact) mass is 185 g/mol. The molecular weight excluding hydrogens is 174 g/mol. The highest BCUT2D eigenvalue weighted by Crippen LogP contribution is 2.20. The molecule has 1 aromatic heterocycles. The molecule has 0 aromatic carbocycles. The van der Waals surface area contributed by atoms with Gasteiger partial charge in [0.15, 0.2) is 0 Å². The van der Waals surface area contributed by atoms with E-state index in [4.69, 9.17) is 4.74 Å². The standard InChI is InChI=1S/C8H11NO2S/c10-8-5-11-4-6(8)3-7-1-2-9-12-7/h1-2,6,8,10H,3-5H2/t6-,8-/m1/s1. The van der Waals surface area contributed by atoms with E-state index in [9.17, 15) is 5.11 Å². The van der Waals surface area contributed by atoms with Crippen LogP contribution in [0.25, 0.3) is 0 Å². The quantitative estimate of drug-likeness (QED) is 0.737. The fourth-order valence-corrected chi connectivity index (χ4v) is 2.06. The van der Waals surface area contributed by atoms with E-state index in [1.54, 1.807) is 6.20 Å². The lowest BCUT2D eigenvalue weighted by atomic mass is 10.0. The molecular formula is C8H11NO2S. The third kappa shape index (κ3) is 1.65. The average molecular weight is 185 g/mol. The first-order chi connectivity index (χ1) is 5.86. The number of aliphatic hydroxyl groups is 1. The summed E-state index contributed by atoms with van der Waals surface area (Å²) < 4.78 is 9.16. The zero-order valence-electron chi connectivity index (χ0n) is 6.64. The summed E-state index contributed by atoms with van der Waals surface area (Å²) in [7, 11) is 0. The fourth-order valence-electron chi connectivity index (χ4n) is 1.39. The summed E-state index contributed by atoms with van der Waals surface area (Å²) in [6, 6.07) is 2.00. The molecule has 3 nitrogen and oxygen atoms in total. The fraction of sp³-hybridized carbons (Fsp3) is 0.625. The Kier molecular flexibility index (Phi) is 2.39. The molecule has 4 heteroatoms. The van der Waals surface area contributed by atoms with Crippen molar-refractivity contribution in [2.75, 3.05) is 13.2 Å². The van der Waals surface area contributed by atoms with Crippen LogP contribution in [0.3, 0.4) is 0 Å². The predicted octanol–water partition coefficient (Wildman–Crippen LogP) is 0.693. The largest absolute Gasteiger partial charge is 0.390 e. The second-order valence-electron chi connectivity index (χ2n) is 3.05. The van der Waals surface area contributed by atoms with Crippen LogP contribution in [0.2, 0.25) is 0 Å². The van der Waals surface area contributed by atoms with Gasteiger partial charge in [-0.2, -0.15) is 0 Å². The summed E-state index contributed by atoms with van der Waals surface area (Å²) >= 11 is 1.50. The van der Waals surface area contributed by atoms with E-state index in [1.807, 2.05) is 6.07 Å². The smallest absolute Gasteiger partial charge is 0.0827 e. The summed E-state index contributed by atoms with van der Waals surface area (Å²) in [5.74, 6) is 0.269. The molecule has 0 saturated carbocycles. The van der Waals surface area contributed by atoms with E-state index in [-0.39, 0.29) is 12.0 Å². The van der Waals surface area contributed by atoms with Gasteiger partial charge in [-0.1, -0.05) is 0 Å². The maximum Gasteiger partial charge on any atom is 0.0827 e. The lowest BCUT2D eigenvalue weighted by Crippen LogP contribution is -2.19. The van der Waals surface area contributed by atoms with Crippen LogP contribution in [-0.2, 0) is 11.2 Å². The molecule has 0 unspecified atom stereocenters. The van der Waals surface area contributed by atoms with Gasteiger partial charge in [0.05, 0.1) is 19.3 Å². The van der Waals surface area contributed by atoms with Gasteiger partial charge in [0, 0.05) is 17.0 Å². The van der Waals surface area contributed by atoms with Crippen LogP contribution in [0.4, 0.5) is 0 Å². The van der Waals surface area contributed by atoms with Gasteiger partial charge >= 0.3 is 0 Å². The van der Waals surface area contributed by atoms with Crippen molar-refractivity contribution in [2.24, 2.45) is 5.92 Å². The second kappa shape index (κ2) is 3.51. The number of aliphatic hydroxyl groups excluding tert-OH is 1. The van der Waals surface area contributed by atoms with Crippen molar-refractivity contribution in [3.8, 4) is 0 Å². The highest BCUT2D eigenvalue weighted by molar-refractivity contribution is 7.05. The highest BCUT2D eigenvalue weighted by Gasteiger charge is 2.26. The van der Waals surface area contributed by atoms with Crippen LogP contribution in [0.5, 0.6) is 0 Å². The van der Waals surface area contributed by atoms with Crippen LogP contribution < -0.4 is 0 Å². The van der Waals surface area contributed by atoms with Crippen LogP contribution in [0.1, 0.15) is 4.88 Å². The maximum absolute atomic E-state index is 9.45. The van der Waals surface area contributed by atoms with E-state index in [1.165, 1.54) is 16.4 Å². The Morgan fingerprint density at radius 3 is 3.17 bits per heavy atom. The third-order valence-corrected chi connectivity index (χ3v) is 2.88. The Labute approximate surface area is 75.2 Å². The normalized spacial score (nSPS) is 29.4. The molecule has 1 saturated heterocycles. The number of hydrogen-bond acceptors (Lipinski definition) is 4. The van der Waals surface area contributed by atoms with Gasteiger partial charge < -0.3 is 9.84 Å². The molecule has 0 amide bonds. The Balaban J connectivity index is 1.95. The van der Waals surface area contributed by atoms with Crippen molar-refractivity contribution < 1.29 is 9.84 Å². The molecule has 1 aliphatic rings. The third-order valence-electron chi connectivity index (χ3n) is 2.12. The summed E-state index contributed by atoms with van der Waals surface area (Å²) in [5, 5.41) is 9.45. The van der Waals surface area contributed by atoms with E-state index >= 15 is 0 Å². The Morgan fingerprint density at radius 2 is 2.58 bits per heavy atom. The molecule has 66 valence electrons. The molecule has 1 aliphatic heterocycles. The lowest BCUT2D eigenvalue weighted by Gasteiger charge is -2.09. The average Bonchev–Trinajstić information content (AvgIpc) is 2.65. The summed E-state index contributed by atoms with van der Waals surface area (Å²) in [5.41, 5.74) is 0. The van der Waals surface area contributed by atoms with E-state index in [0.29, 0.717) is 13.2 Å². The number of rotatable bonds is 2. The minimum absolute atomic E-state index is 0.269. The van der Waals surface area contributed by atoms with Crippen LogP contribution in [0, 0.1) is 5.92 Å². The molecule has 0 bridgehead atoms. The van der Waals surface area contributed by atoms with Gasteiger partial charge in [-0.15, -0.1) is 0 Å². The van der Waals surface area contributed by atoms with E-state index in [2.05, 4.69) is 4.37 Å². The Bertz CT molecular complexity index is 237. The molecule has 1 N–H and O–H groups in total. The van der Waals surface area contributed by atoms with Crippen molar-refractivity contribution in [3.63, 3.8) is 0 Å². The number of hydrogen-bond donors (Lipinski definition) is 1. The van der Waals surface area contributed by atoms with Gasteiger partial charge in [-0.3, -0.25) is 0 Å². The minimum atomic E-state index is -0.285. The predicted molar refractivity (Wildman–Crippen MR) is 46.1 cm³/mol. The van der Waals surface area contributed by atoms with E-state index in [0.717, 1.165) is 6.42 Å². The number of nitrogens with zero attached hydrogens (tertiary/aromatic N) is 1. The van der Waals surface area contributed by atoms with Crippen molar-refractivity contribution in [3.05, 3.63) is 17.1 Å². The molecule has 2 rings (SSSR count). The Morgan fingerprint density at radius 1 is 1.67 bits per heavy atom. The van der Waals surface area contributed by atoms with Gasteiger partial charge in [-0.05, 0) is 24.0 Å². The van der Waals surface area contributed by atoms with Crippen molar-refractivity contribution >= 4 is 11.5 Å². The van der Waals surface area contributed by atoms with Crippen LogP contribution in [0.15, 0.2) is 12.3 Å². The molecule has 0 aliphatic carbocycles. The highest BCUT2D eigenvalue weighted by atomic mass is 32.1. The summed E-state index contributed by atoms with van der Waals surface area (Å²) in [6.45, 7) is 1.17. The van der Waals surface area contributed by atoms with Gasteiger partial charge in [0.2, 0.25) is 0 Å². The number of aromatic nitrogens is 1. The van der Waals surface area contributed by atoms with Crippen LogP contribution in [-0.4, -0.2) is 28.8 Å². The second-order valence-corrected chi connectivity index (χ2v) is 3.97. The minimum Gasteiger partial charge on any atom is -0.390 e. The van der Waals surface area contributed by atoms with Crippen molar-refractivity contribution in [1.82, 2.24) is 4.37 Å². The Hall–Kier alpha value is -0.450. The first kappa shape index (κ1) is 8.16. The lowest BCUT2D eigenvalue weighted by molar-refractivity contribution is 0.118. The van der Waals surface area contributed by atoms with Gasteiger partial charge in [-0.25, -0.2) is 4.37 Å². The zero-order valence-corrected chi connectivity index (χ0v) is 7.46. The van der Waals surface area contributed by atoms with Crippen molar-refractivity contribution in [1.29, 1.82) is 0 Å². The first-order valence-electron chi connectivity index (χ1n) is 4.01. The van der Waals surface area contributed by atoms with Crippen LogP contribution >= 0.6 is 11.5 Å². The molecule has 1 fully saturated rings. The first-order valence-corrected chi connectivity index (χ1v) is 4.79. The van der Waals surface area contributed by atoms with Gasteiger partial charge in [0.1, 0.15) is 0 Å². The van der Waals surface area contributed by atoms with Gasteiger partial charge in [0.25, 0.3) is 0 Å². The maximum atomic E-state index is 9.45. The molecule has 2 atom stereocenters. The zero-order chi connectivity index (χ0) is 8.39. The molecule has 2 heterocycles. The molecule has 12 heavy (non-hydrogen) atoms. The van der Waals surface area contributed by atoms with E-state index < -0.39 is 0 Å². The SMILES string of the molecule is O[C@@H]1COC[C@H]1Cc1ccns1. The summed E-state index contributed by atoms with van der Waals surface area (Å²) in [6.07, 6.45) is 2.40. The topological polar surface area (TPSA) is 42.4 Å². The summed E-state index contributed by atoms with van der Waals surface area (Å²) in [4.78, 5) is 1.23. The molecule has 0 spiro atoms. The molecule has 1 aromatic rings. The number of ether oxygens (including phenoxy) is 1. The molecule has 0 radical (unpaired) electrons. The van der Waals surface area contributed by atoms with Crippen molar-refractivity contribution in [2.45, 2.75) is 12.5 Å².